The fraction of sp³-hybridized carbons (Fsp3) is 0.375. The van der Waals surface area contributed by atoms with E-state index in [1.165, 1.54) is 0 Å². The number of hydrogen-bond acceptors (Lipinski definition) is 3. The van der Waals surface area contributed by atoms with Gasteiger partial charge in [-0.3, -0.25) is 4.79 Å². The second-order valence-corrected chi connectivity index (χ2v) is 5.47. The predicted molar refractivity (Wildman–Crippen MR) is 85.9 cm³/mol. The van der Waals surface area contributed by atoms with E-state index in [9.17, 15) is 4.79 Å². The normalized spacial score (nSPS) is 10.7. The van der Waals surface area contributed by atoms with Crippen molar-refractivity contribution < 1.29 is 9.90 Å². The summed E-state index contributed by atoms with van der Waals surface area (Å²) in [5.74, 6) is 0.661. The Balaban J connectivity index is 2.15. The van der Waals surface area contributed by atoms with Crippen molar-refractivity contribution in [3.8, 4) is 0 Å². The molecule has 2 N–H and O–H groups in total. The van der Waals surface area contributed by atoms with Crippen LogP contribution in [0.2, 0.25) is 5.02 Å². The molecule has 22 heavy (non-hydrogen) atoms. The third-order valence-electron chi connectivity index (χ3n) is 3.33. The van der Waals surface area contributed by atoms with E-state index < -0.39 is 0 Å². The van der Waals surface area contributed by atoms with Crippen LogP contribution >= 0.6 is 11.6 Å². The molecular weight excluding hydrogens is 302 g/mol. The van der Waals surface area contributed by atoms with Crippen LogP contribution in [0.4, 0.5) is 0 Å². The van der Waals surface area contributed by atoms with E-state index in [1.54, 1.807) is 17.2 Å². The van der Waals surface area contributed by atoms with Crippen molar-refractivity contribution in [3.05, 3.63) is 52.6 Å². The number of nitrogens with zero attached hydrogens (tertiary/aromatic N) is 2. The lowest BCUT2D eigenvalue weighted by Crippen LogP contribution is -2.32. The number of rotatable bonds is 7. The maximum Gasteiger partial charge on any atom is 0.272 e. The Kier molecular flexibility index (Phi) is 5.98. The van der Waals surface area contributed by atoms with Crippen LogP contribution in [0, 0.1) is 0 Å². The van der Waals surface area contributed by atoms with Crippen LogP contribution < -0.4 is 0 Å². The predicted octanol–water partition coefficient (Wildman–Crippen LogP) is 2.65. The Labute approximate surface area is 134 Å². The van der Waals surface area contributed by atoms with Crippen molar-refractivity contribution in [2.24, 2.45) is 0 Å². The fourth-order valence-corrected chi connectivity index (χ4v) is 2.40. The largest absolute Gasteiger partial charge is 0.396 e. The molecular formula is C16H20ClN3O2. The quantitative estimate of drug-likeness (QED) is 0.823. The molecule has 2 aromatic rings. The summed E-state index contributed by atoms with van der Waals surface area (Å²) in [5.41, 5.74) is 1.42. The minimum Gasteiger partial charge on any atom is -0.396 e. The van der Waals surface area contributed by atoms with E-state index in [4.69, 9.17) is 16.7 Å². The van der Waals surface area contributed by atoms with Crippen LogP contribution in [-0.2, 0) is 13.0 Å². The number of aliphatic hydroxyl groups is 1. The van der Waals surface area contributed by atoms with Crippen molar-refractivity contribution in [1.82, 2.24) is 14.9 Å². The molecule has 5 nitrogen and oxygen atoms in total. The van der Waals surface area contributed by atoms with Crippen molar-refractivity contribution in [1.29, 1.82) is 0 Å². The van der Waals surface area contributed by atoms with E-state index >= 15 is 0 Å². The number of nitrogens with one attached hydrogen (secondary N) is 1. The highest BCUT2D eigenvalue weighted by Gasteiger charge is 2.18. The summed E-state index contributed by atoms with van der Waals surface area (Å²) in [7, 11) is 0. The standard InChI is InChI=1S/C16H20ClN3O2/c1-2-15-18-10-14(19-15)16(22)20(7-4-8-21)11-12-5-3-6-13(17)9-12/h3,5-6,9-10,21H,2,4,7-8,11H2,1H3,(H,18,19). The number of aryl methyl sites for hydroxylation is 1. The molecule has 0 aliphatic rings. The smallest absolute Gasteiger partial charge is 0.272 e. The molecule has 0 radical (unpaired) electrons. The molecule has 0 aliphatic carbocycles. The average molecular weight is 322 g/mol. The third kappa shape index (κ3) is 4.32. The molecule has 0 saturated carbocycles. The van der Waals surface area contributed by atoms with Crippen LogP contribution in [0.5, 0.6) is 0 Å². The van der Waals surface area contributed by atoms with Crippen LogP contribution in [0.1, 0.15) is 35.2 Å². The molecule has 0 fully saturated rings. The van der Waals surface area contributed by atoms with Crippen LogP contribution in [0.3, 0.4) is 0 Å². The summed E-state index contributed by atoms with van der Waals surface area (Å²) in [6.07, 6.45) is 2.84. The highest BCUT2D eigenvalue weighted by molar-refractivity contribution is 6.30. The molecule has 1 aromatic heterocycles. The number of aromatic nitrogens is 2. The van der Waals surface area contributed by atoms with Gasteiger partial charge in [-0.2, -0.15) is 0 Å². The zero-order chi connectivity index (χ0) is 15.9. The van der Waals surface area contributed by atoms with Crippen molar-refractivity contribution in [2.45, 2.75) is 26.3 Å². The topological polar surface area (TPSA) is 69.2 Å². The summed E-state index contributed by atoms with van der Waals surface area (Å²) < 4.78 is 0. The number of halogens is 1. The van der Waals surface area contributed by atoms with Crippen LogP contribution in [-0.4, -0.2) is 39.0 Å². The molecule has 1 aromatic carbocycles. The highest BCUT2D eigenvalue weighted by atomic mass is 35.5. The lowest BCUT2D eigenvalue weighted by Gasteiger charge is -2.22. The SMILES string of the molecule is CCc1ncc(C(=O)N(CCCO)Cc2cccc(Cl)c2)[nH]1. The molecule has 1 amide bonds. The first-order valence-electron chi connectivity index (χ1n) is 7.32. The van der Waals surface area contributed by atoms with Gasteiger partial charge in [-0.25, -0.2) is 4.98 Å². The van der Waals surface area contributed by atoms with E-state index in [0.717, 1.165) is 17.8 Å². The van der Waals surface area contributed by atoms with Crippen LogP contribution in [0.25, 0.3) is 0 Å². The zero-order valence-corrected chi connectivity index (χ0v) is 13.3. The number of benzene rings is 1. The zero-order valence-electron chi connectivity index (χ0n) is 12.6. The van der Waals surface area contributed by atoms with Gasteiger partial charge < -0.3 is 15.0 Å². The first kappa shape index (κ1) is 16.5. The van der Waals surface area contributed by atoms with Gasteiger partial charge in [-0.05, 0) is 24.1 Å². The molecule has 0 atom stereocenters. The van der Waals surface area contributed by atoms with Gasteiger partial charge in [0, 0.05) is 31.1 Å². The molecule has 0 bridgehead atoms. The number of H-pyrrole nitrogens is 1. The number of imidazole rings is 1. The van der Waals surface area contributed by atoms with Gasteiger partial charge in [0.2, 0.25) is 0 Å². The summed E-state index contributed by atoms with van der Waals surface area (Å²) in [6.45, 7) is 2.94. The Bertz CT molecular complexity index is 627. The van der Waals surface area contributed by atoms with E-state index in [2.05, 4.69) is 9.97 Å². The second kappa shape index (κ2) is 7.96. The number of amides is 1. The van der Waals surface area contributed by atoms with Gasteiger partial charge in [-0.15, -0.1) is 0 Å². The number of carbonyl (C=O) groups is 1. The van der Waals surface area contributed by atoms with Gasteiger partial charge in [0.15, 0.2) is 0 Å². The molecule has 118 valence electrons. The lowest BCUT2D eigenvalue weighted by atomic mass is 10.2. The first-order chi connectivity index (χ1) is 10.6. The van der Waals surface area contributed by atoms with Gasteiger partial charge in [0.05, 0.1) is 6.20 Å². The minimum absolute atomic E-state index is 0.0442. The van der Waals surface area contributed by atoms with Crippen molar-refractivity contribution in [2.75, 3.05) is 13.2 Å². The maximum atomic E-state index is 12.6. The maximum absolute atomic E-state index is 12.6. The van der Waals surface area contributed by atoms with Crippen molar-refractivity contribution >= 4 is 17.5 Å². The second-order valence-electron chi connectivity index (χ2n) is 5.03. The number of aromatic amines is 1. The molecule has 0 saturated heterocycles. The van der Waals surface area contributed by atoms with Crippen LogP contribution in [0.15, 0.2) is 30.5 Å². The van der Waals surface area contributed by atoms with E-state index in [1.807, 2.05) is 25.1 Å². The van der Waals surface area contributed by atoms with Gasteiger partial charge in [0.25, 0.3) is 5.91 Å². The first-order valence-corrected chi connectivity index (χ1v) is 7.70. The summed E-state index contributed by atoms with van der Waals surface area (Å²) >= 11 is 5.99. The number of hydrogen-bond donors (Lipinski definition) is 2. The van der Waals surface area contributed by atoms with E-state index in [-0.39, 0.29) is 12.5 Å². The molecule has 0 aliphatic heterocycles. The lowest BCUT2D eigenvalue weighted by molar-refractivity contribution is 0.0726. The molecule has 1 heterocycles. The summed E-state index contributed by atoms with van der Waals surface area (Å²) in [5, 5.41) is 9.68. The van der Waals surface area contributed by atoms with Gasteiger partial charge >= 0.3 is 0 Å². The fourth-order valence-electron chi connectivity index (χ4n) is 2.19. The number of aliphatic hydroxyl groups excluding tert-OH is 1. The molecule has 0 spiro atoms. The third-order valence-corrected chi connectivity index (χ3v) is 3.56. The van der Waals surface area contributed by atoms with Crippen molar-refractivity contribution in [3.63, 3.8) is 0 Å². The molecule has 0 unspecified atom stereocenters. The Morgan fingerprint density at radius 3 is 2.91 bits per heavy atom. The summed E-state index contributed by atoms with van der Waals surface area (Å²) in [4.78, 5) is 21.5. The Morgan fingerprint density at radius 2 is 2.27 bits per heavy atom. The monoisotopic (exact) mass is 321 g/mol. The van der Waals surface area contributed by atoms with Gasteiger partial charge in [0.1, 0.15) is 11.5 Å². The molecule has 2 rings (SSSR count). The average Bonchev–Trinajstić information content (AvgIpc) is 3.00. The highest BCUT2D eigenvalue weighted by Crippen LogP contribution is 2.14. The summed E-state index contributed by atoms with van der Waals surface area (Å²) in [6, 6.07) is 7.42. The minimum atomic E-state index is -0.124. The Hall–Kier alpha value is -1.85. The Morgan fingerprint density at radius 1 is 1.45 bits per heavy atom. The number of carbonyl (C=O) groups excluding carboxylic acids is 1. The van der Waals surface area contributed by atoms with Gasteiger partial charge in [-0.1, -0.05) is 30.7 Å². The molecule has 6 heteroatoms. The van der Waals surface area contributed by atoms with E-state index in [0.29, 0.717) is 30.2 Å².